The molecule has 6 nitrogen and oxygen atoms in total. The average Bonchev–Trinajstić information content (AvgIpc) is 2.61. The van der Waals surface area contributed by atoms with Gasteiger partial charge >= 0.3 is 0 Å². The Morgan fingerprint density at radius 2 is 2.26 bits per heavy atom. The lowest BCUT2D eigenvalue weighted by atomic mass is 9.95. The molecule has 1 amide bonds. The molecule has 1 fully saturated rings. The van der Waals surface area contributed by atoms with Crippen LogP contribution in [0.5, 0.6) is 5.75 Å². The van der Waals surface area contributed by atoms with Gasteiger partial charge in [0.1, 0.15) is 5.75 Å². The molecule has 1 atom stereocenters. The highest BCUT2D eigenvalue weighted by molar-refractivity contribution is 5.78. The number of piperidine rings is 1. The smallest absolute Gasteiger partial charge is 0.260 e. The van der Waals surface area contributed by atoms with E-state index in [4.69, 9.17) is 4.74 Å². The molecular formula is C17H20N4O2. The highest BCUT2D eigenvalue weighted by Crippen LogP contribution is 2.25. The number of carbonyl (C=O) groups is 1. The molecule has 1 unspecified atom stereocenters. The second kappa shape index (κ2) is 7.17. The first kappa shape index (κ1) is 15.4. The average molecular weight is 312 g/mol. The van der Waals surface area contributed by atoms with E-state index in [1.54, 1.807) is 36.9 Å². The van der Waals surface area contributed by atoms with Crippen molar-refractivity contribution in [1.82, 2.24) is 19.9 Å². The number of carbonyl (C=O) groups excluding carboxylic acids is 1. The van der Waals surface area contributed by atoms with Crippen LogP contribution in [-0.2, 0) is 4.79 Å². The van der Waals surface area contributed by atoms with E-state index in [2.05, 4.69) is 15.0 Å². The Kier molecular flexibility index (Phi) is 4.80. The van der Waals surface area contributed by atoms with Crippen LogP contribution in [0.25, 0.3) is 0 Å². The van der Waals surface area contributed by atoms with Gasteiger partial charge in [0.05, 0.1) is 17.6 Å². The van der Waals surface area contributed by atoms with E-state index in [9.17, 15) is 4.79 Å². The molecule has 1 saturated heterocycles. The Hall–Kier alpha value is -2.50. The van der Waals surface area contributed by atoms with E-state index >= 15 is 0 Å². The van der Waals surface area contributed by atoms with E-state index in [1.165, 1.54) is 0 Å². The van der Waals surface area contributed by atoms with Gasteiger partial charge in [0.2, 0.25) is 0 Å². The van der Waals surface area contributed by atoms with E-state index in [-0.39, 0.29) is 18.4 Å². The first-order valence-electron chi connectivity index (χ1n) is 7.81. The fraction of sp³-hybridized carbons (Fsp3) is 0.412. The van der Waals surface area contributed by atoms with Gasteiger partial charge in [-0.3, -0.25) is 19.7 Å². The number of hydrogen-bond acceptors (Lipinski definition) is 5. The maximum absolute atomic E-state index is 12.4. The zero-order chi connectivity index (χ0) is 16.1. The van der Waals surface area contributed by atoms with Crippen molar-refractivity contribution in [3.05, 3.63) is 48.3 Å². The van der Waals surface area contributed by atoms with Crippen LogP contribution in [0.2, 0.25) is 0 Å². The molecule has 6 heteroatoms. The summed E-state index contributed by atoms with van der Waals surface area (Å²) in [6.45, 7) is 3.42. The van der Waals surface area contributed by atoms with Gasteiger partial charge in [0.25, 0.3) is 5.91 Å². The number of rotatable bonds is 4. The lowest BCUT2D eigenvalue weighted by molar-refractivity contribution is -0.134. The molecule has 23 heavy (non-hydrogen) atoms. The molecule has 0 radical (unpaired) electrons. The van der Waals surface area contributed by atoms with Crippen LogP contribution in [0.4, 0.5) is 0 Å². The Morgan fingerprint density at radius 1 is 1.35 bits per heavy atom. The number of aryl methyl sites for hydroxylation is 1. The Labute approximate surface area is 135 Å². The summed E-state index contributed by atoms with van der Waals surface area (Å²) in [6.07, 6.45) is 8.83. The van der Waals surface area contributed by atoms with Crippen LogP contribution in [-0.4, -0.2) is 45.5 Å². The first-order valence-corrected chi connectivity index (χ1v) is 7.81. The lowest BCUT2D eigenvalue weighted by Gasteiger charge is -2.32. The van der Waals surface area contributed by atoms with Crippen molar-refractivity contribution in [2.24, 2.45) is 0 Å². The predicted molar refractivity (Wildman–Crippen MR) is 85.1 cm³/mol. The molecule has 3 heterocycles. The van der Waals surface area contributed by atoms with E-state index in [0.717, 1.165) is 30.8 Å². The summed E-state index contributed by atoms with van der Waals surface area (Å²) in [5.41, 5.74) is 1.88. The van der Waals surface area contributed by atoms with Crippen LogP contribution in [0.3, 0.4) is 0 Å². The van der Waals surface area contributed by atoms with Crippen LogP contribution in [0.1, 0.15) is 30.1 Å². The minimum atomic E-state index is -0.000773. The molecule has 2 aromatic rings. The minimum Gasteiger partial charge on any atom is -0.482 e. The van der Waals surface area contributed by atoms with Crippen molar-refractivity contribution in [2.75, 3.05) is 19.7 Å². The molecule has 120 valence electrons. The van der Waals surface area contributed by atoms with Gasteiger partial charge in [-0.25, -0.2) is 0 Å². The number of ether oxygens (including phenoxy) is 1. The third-order valence-electron chi connectivity index (χ3n) is 3.96. The van der Waals surface area contributed by atoms with Crippen molar-refractivity contribution in [2.45, 2.75) is 25.7 Å². The summed E-state index contributed by atoms with van der Waals surface area (Å²) in [6, 6.07) is 3.58. The number of likely N-dealkylation sites (tertiary alicyclic amines) is 1. The van der Waals surface area contributed by atoms with Gasteiger partial charge in [-0.15, -0.1) is 0 Å². The second-order valence-corrected chi connectivity index (χ2v) is 5.74. The molecule has 1 aliphatic rings. The zero-order valence-corrected chi connectivity index (χ0v) is 13.2. The van der Waals surface area contributed by atoms with E-state index in [1.807, 2.05) is 11.8 Å². The lowest BCUT2D eigenvalue weighted by Crippen LogP contribution is -2.41. The van der Waals surface area contributed by atoms with Crippen LogP contribution < -0.4 is 4.74 Å². The topological polar surface area (TPSA) is 68.2 Å². The summed E-state index contributed by atoms with van der Waals surface area (Å²) < 4.78 is 5.50. The van der Waals surface area contributed by atoms with Crippen LogP contribution in [0, 0.1) is 6.92 Å². The molecule has 3 rings (SSSR count). The van der Waals surface area contributed by atoms with Crippen LogP contribution in [0.15, 0.2) is 36.9 Å². The third kappa shape index (κ3) is 4.03. The number of nitrogens with zero attached hydrogens (tertiary/aromatic N) is 4. The molecule has 1 aliphatic heterocycles. The quantitative estimate of drug-likeness (QED) is 0.863. The van der Waals surface area contributed by atoms with E-state index in [0.29, 0.717) is 12.3 Å². The van der Waals surface area contributed by atoms with Gasteiger partial charge < -0.3 is 9.64 Å². The maximum atomic E-state index is 12.4. The largest absolute Gasteiger partial charge is 0.482 e. The van der Waals surface area contributed by atoms with Gasteiger partial charge in [0, 0.05) is 37.6 Å². The summed E-state index contributed by atoms with van der Waals surface area (Å²) in [5.74, 6) is 0.858. The maximum Gasteiger partial charge on any atom is 0.260 e. The molecule has 0 aliphatic carbocycles. The van der Waals surface area contributed by atoms with Gasteiger partial charge in [-0.1, -0.05) is 0 Å². The highest BCUT2D eigenvalue weighted by Gasteiger charge is 2.26. The van der Waals surface area contributed by atoms with Crippen molar-refractivity contribution in [1.29, 1.82) is 0 Å². The standard InChI is InChI=1S/C17H20N4O2/c1-13-8-19-10-16(20-13)14-4-3-7-21(11-14)17(22)12-23-15-5-2-6-18-9-15/h2,5-6,8-10,14H,3-4,7,11-12H2,1H3. The van der Waals surface area contributed by atoms with Gasteiger partial charge in [0.15, 0.2) is 6.61 Å². The SMILES string of the molecule is Cc1cncc(C2CCCN(C(=O)COc3cccnc3)C2)n1. The number of amides is 1. The number of pyridine rings is 1. The van der Waals surface area contributed by atoms with E-state index < -0.39 is 0 Å². The van der Waals surface area contributed by atoms with Crippen molar-refractivity contribution < 1.29 is 9.53 Å². The molecule has 0 aromatic carbocycles. The van der Waals surface area contributed by atoms with Gasteiger partial charge in [-0.2, -0.15) is 0 Å². The second-order valence-electron chi connectivity index (χ2n) is 5.74. The van der Waals surface area contributed by atoms with Crippen molar-refractivity contribution in [3.8, 4) is 5.75 Å². The summed E-state index contributed by atoms with van der Waals surface area (Å²) >= 11 is 0. The first-order chi connectivity index (χ1) is 11.2. The molecule has 0 bridgehead atoms. The predicted octanol–water partition coefficient (Wildman–Crippen LogP) is 1.97. The number of aromatic nitrogens is 3. The molecule has 0 spiro atoms. The van der Waals surface area contributed by atoms with Gasteiger partial charge in [-0.05, 0) is 31.9 Å². The molecule has 2 aromatic heterocycles. The normalized spacial score (nSPS) is 17.8. The third-order valence-corrected chi connectivity index (χ3v) is 3.96. The monoisotopic (exact) mass is 312 g/mol. The molecule has 0 saturated carbocycles. The Bertz CT molecular complexity index is 663. The summed E-state index contributed by atoms with van der Waals surface area (Å²) in [4.78, 5) is 26.9. The highest BCUT2D eigenvalue weighted by atomic mass is 16.5. The molecule has 0 N–H and O–H groups in total. The summed E-state index contributed by atoms with van der Waals surface area (Å²) in [5, 5.41) is 0. The Balaban J connectivity index is 1.58. The van der Waals surface area contributed by atoms with Crippen molar-refractivity contribution >= 4 is 5.91 Å². The summed E-state index contributed by atoms with van der Waals surface area (Å²) in [7, 11) is 0. The van der Waals surface area contributed by atoms with Crippen LogP contribution >= 0.6 is 0 Å². The minimum absolute atomic E-state index is 0.000773. The fourth-order valence-electron chi connectivity index (χ4n) is 2.79. The molecular weight excluding hydrogens is 292 g/mol. The Morgan fingerprint density at radius 3 is 3.04 bits per heavy atom. The fourth-order valence-corrected chi connectivity index (χ4v) is 2.79. The zero-order valence-electron chi connectivity index (χ0n) is 13.2. The van der Waals surface area contributed by atoms with Crippen molar-refractivity contribution in [3.63, 3.8) is 0 Å². The number of hydrogen-bond donors (Lipinski definition) is 0.